The van der Waals surface area contributed by atoms with Crippen molar-refractivity contribution in [3.63, 3.8) is 0 Å². The summed E-state index contributed by atoms with van der Waals surface area (Å²) in [6, 6.07) is 13.7. The molecule has 1 N–H and O–H groups in total. The van der Waals surface area contributed by atoms with Crippen LogP contribution < -0.4 is 10.1 Å². The van der Waals surface area contributed by atoms with Crippen molar-refractivity contribution >= 4 is 40.0 Å². The van der Waals surface area contributed by atoms with Crippen LogP contribution in [-0.2, 0) is 22.5 Å². The Bertz CT molecular complexity index is 1440. The van der Waals surface area contributed by atoms with E-state index in [0.29, 0.717) is 33.7 Å². The summed E-state index contributed by atoms with van der Waals surface area (Å²) in [6.07, 6.45) is 0.617. The minimum Gasteiger partial charge on any atom is -0.483 e. The molecule has 4 rings (SSSR count). The number of carbonyl (C=O) groups is 2. The monoisotopic (exact) mass is 568 g/mol. The van der Waals surface area contributed by atoms with E-state index in [2.05, 4.69) is 22.4 Å². The first kappa shape index (κ1) is 28.3. The largest absolute Gasteiger partial charge is 0.483 e. The van der Waals surface area contributed by atoms with Crippen LogP contribution in [-0.4, -0.2) is 39.5 Å². The molecule has 4 aromatic rings. The molecule has 0 bridgehead atoms. The molecular weight excluding hydrogens is 539 g/mol. The number of carbonyl (C=O) groups excluding carboxylic acids is 2. The Morgan fingerprint density at radius 2 is 1.82 bits per heavy atom. The molecule has 0 aliphatic carbocycles. The number of nitrogens with zero attached hydrogens (tertiary/aromatic N) is 3. The van der Waals surface area contributed by atoms with E-state index in [1.54, 1.807) is 17.5 Å². The van der Waals surface area contributed by atoms with Crippen LogP contribution in [0.25, 0.3) is 11.1 Å². The Labute approximate surface area is 234 Å². The molecule has 0 aliphatic heterocycles. The van der Waals surface area contributed by atoms with Crippen molar-refractivity contribution in [2.45, 2.75) is 45.0 Å². The number of ether oxygens (including phenoxy) is 2. The second-order valence-corrected chi connectivity index (χ2v) is 10.4. The minimum atomic E-state index is -0.591. The summed E-state index contributed by atoms with van der Waals surface area (Å²) in [6.45, 7) is 6.60. The zero-order valence-electron chi connectivity index (χ0n) is 22.1. The molecule has 39 heavy (non-hydrogen) atoms. The van der Waals surface area contributed by atoms with E-state index in [0.717, 1.165) is 12.2 Å². The third-order valence-electron chi connectivity index (χ3n) is 5.99. The van der Waals surface area contributed by atoms with Gasteiger partial charge in [0, 0.05) is 17.5 Å². The zero-order valence-corrected chi connectivity index (χ0v) is 23.7. The molecule has 1 unspecified atom stereocenters. The van der Waals surface area contributed by atoms with Crippen molar-refractivity contribution in [3.05, 3.63) is 76.7 Å². The molecular formula is C28H29FN4O4S2. The minimum absolute atomic E-state index is 0.0518. The van der Waals surface area contributed by atoms with Gasteiger partial charge in [-0.1, -0.05) is 43.0 Å². The lowest BCUT2D eigenvalue weighted by Crippen LogP contribution is -2.17. The van der Waals surface area contributed by atoms with Gasteiger partial charge in [-0.15, -0.1) is 21.5 Å². The molecule has 0 saturated carbocycles. The quantitative estimate of drug-likeness (QED) is 0.166. The van der Waals surface area contributed by atoms with Crippen molar-refractivity contribution in [2.24, 2.45) is 0 Å². The standard InChI is InChI=1S/C28H29FN4O4S2/c1-5-18-7-13-21(14-8-18)37-17(3)25-31-32-28(33(25)6-2)39-16-23(34)30-26-24(27(35)36-4)22(15-38-26)19-9-11-20(29)12-10-19/h7-15,17H,5-6,16H2,1-4H3,(H,30,34). The van der Waals surface area contributed by atoms with Gasteiger partial charge in [-0.2, -0.15) is 0 Å². The Balaban J connectivity index is 1.44. The number of thiophene rings is 1. The highest BCUT2D eigenvalue weighted by atomic mass is 32.2. The summed E-state index contributed by atoms with van der Waals surface area (Å²) >= 11 is 2.44. The van der Waals surface area contributed by atoms with Gasteiger partial charge in [0.2, 0.25) is 5.91 Å². The van der Waals surface area contributed by atoms with Crippen LogP contribution in [0, 0.1) is 5.82 Å². The summed E-state index contributed by atoms with van der Waals surface area (Å²) in [7, 11) is 1.27. The lowest BCUT2D eigenvalue weighted by atomic mass is 10.0. The van der Waals surface area contributed by atoms with Crippen LogP contribution >= 0.6 is 23.1 Å². The molecule has 8 nitrogen and oxygen atoms in total. The smallest absolute Gasteiger partial charge is 0.341 e. The molecule has 0 fully saturated rings. The van der Waals surface area contributed by atoms with E-state index >= 15 is 0 Å². The van der Waals surface area contributed by atoms with Crippen LogP contribution in [0.1, 0.15) is 48.6 Å². The molecule has 0 spiro atoms. The number of thioether (sulfide) groups is 1. The van der Waals surface area contributed by atoms with Gasteiger partial charge in [0.15, 0.2) is 17.1 Å². The molecule has 2 aromatic carbocycles. The lowest BCUT2D eigenvalue weighted by molar-refractivity contribution is -0.113. The summed E-state index contributed by atoms with van der Waals surface area (Å²) in [5.41, 5.74) is 2.66. The number of methoxy groups -OCH3 is 1. The van der Waals surface area contributed by atoms with Crippen molar-refractivity contribution in [3.8, 4) is 16.9 Å². The highest BCUT2D eigenvalue weighted by Gasteiger charge is 2.23. The van der Waals surface area contributed by atoms with Crippen LogP contribution in [0.3, 0.4) is 0 Å². The first-order chi connectivity index (χ1) is 18.8. The van der Waals surface area contributed by atoms with Crippen molar-refractivity contribution < 1.29 is 23.5 Å². The van der Waals surface area contributed by atoms with E-state index in [9.17, 15) is 14.0 Å². The van der Waals surface area contributed by atoms with Crippen molar-refractivity contribution in [1.82, 2.24) is 14.8 Å². The number of nitrogens with one attached hydrogen (secondary N) is 1. The fourth-order valence-electron chi connectivity index (χ4n) is 3.95. The lowest BCUT2D eigenvalue weighted by Gasteiger charge is -2.16. The van der Waals surface area contributed by atoms with E-state index in [1.807, 2.05) is 42.7 Å². The van der Waals surface area contributed by atoms with Gasteiger partial charge >= 0.3 is 5.97 Å². The van der Waals surface area contributed by atoms with Gasteiger partial charge < -0.3 is 19.4 Å². The number of anilines is 1. The number of halogens is 1. The second-order valence-electron chi connectivity index (χ2n) is 8.53. The number of aryl methyl sites for hydroxylation is 1. The number of hydrogen-bond donors (Lipinski definition) is 1. The molecule has 0 aliphatic rings. The van der Waals surface area contributed by atoms with E-state index in [-0.39, 0.29) is 29.1 Å². The van der Waals surface area contributed by atoms with Crippen molar-refractivity contribution in [2.75, 3.05) is 18.2 Å². The fourth-order valence-corrected chi connectivity index (χ4v) is 5.74. The summed E-state index contributed by atoms with van der Waals surface area (Å²) in [4.78, 5) is 25.4. The Hall–Kier alpha value is -3.70. The summed E-state index contributed by atoms with van der Waals surface area (Å²) in [5.74, 6) is 0.175. The molecule has 11 heteroatoms. The SMILES string of the molecule is CCc1ccc(OC(C)c2nnc(SCC(=O)Nc3scc(-c4ccc(F)cc4)c3C(=O)OC)n2CC)cc1. The number of aromatic nitrogens is 3. The summed E-state index contributed by atoms with van der Waals surface area (Å²) < 4.78 is 26.3. The van der Waals surface area contributed by atoms with Gasteiger partial charge in [0.1, 0.15) is 22.1 Å². The number of hydrogen-bond acceptors (Lipinski definition) is 8. The predicted molar refractivity (Wildman–Crippen MR) is 151 cm³/mol. The molecule has 1 atom stereocenters. The molecule has 204 valence electrons. The van der Waals surface area contributed by atoms with Crippen LogP contribution in [0.2, 0.25) is 0 Å². The molecule has 0 radical (unpaired) electrons. The van der Waals surface area contributed by atoms with Gasteiger partial charge in [-0.3, -0.25) is 4.79 Å². The first-order valence-electron chi connectivity index (χ1n) is 12.4. The third kappa shape index (κ3) is 6.66. The Morgan fingerprint density at radius 3 is 2.46 bits per heavy atom. The van der Waals surface area contributed by atoms with E-state index < -0.39 is 5.97 Å². The van der Waals surface area contributed by atoms with Gasteiger partial charge in [-0.05, 0) is 55.7 Å². The number of benzene rings is 2. The molecule has 2 heterocycles. The first-order valence-corrected chi connectivity index (χ1v) is 14.3. The van der Waals surface area contributed by atoms with E-state index in [1.165, 1.54) is 47.9 Å². The average molecular weight is 569 g/mol. The zero-order chi connectivity index (χ0) is 27.9. The van der Waals surface area contributed by atoms with Crippen molar-refractivity contribution in [1.29, 1.82) is 0 Å². The molecule has 2 aromatic heterocycles. The third-order valence-corrected chi connectivity index (χ3v) is 7.85. The predicted octanol–water partition coefficient (Wildman–Crippen LogP) is 6.39. The van der Waals surface area contributed by atoms with Crippen LogP contribution in [0.15, 0.2) is 59.1 Å². The van der Waals surface area contributed by atoms with Gasteiger partial charge in [0.05, 0.1) is 12.9 Å². The normalized spacial score (nSPS) is 11.7. The number of esters is 1. The Kier molecular flexibility index (Phi) is 9.36. The highest BCUT2D eigenvalue weighted by molar-refractivity contribution is 7.99. The highest BCUT2D eigenvalue weighted by Crippen LogP contribution is 2.36. The van der Waals surface area contributed by atoms with Gasteiger partial charge in [-0.25, -0.2) is 9.18 Å². The molecule has 0 saturated heterocycles. The topological polar surface area (TPSA) is 95.3 Å². The Morgan fingerprint density at radius 1 is 1.10 bits per heavy atom. The van der Waals surface area contributed by atoms with Crippen LogP contribution in [0.4, 0.5) is 9.39 Å². The van der Waals surface area contributed by atoms with E-state index in [4.69, 9.17) is 9.47 Å². The average Bonchev–Trinajstić information content (AvgIpc) is 3.56. The maximum Gasteiger partial charge on any atom is 0.341 e. The van der Waals surface area contributed by atoms with Gasteiger partial charge in [0.25, 0.3) is 0 Å². The van der Waals surface area contributed by atoms with Crippen LogP contribution in [0.5, 0.6) is 5.75 Å². The number of amides is 1. The fraction of sp³-hybridized carbons (Fsp3) is 0.286. The number of rotatable bonds is 11. The summed E-state index contributed by atoms with van der Waals surface area (Å²) in [5, 5.41) is 14.1. The molecule has 1 amide bonds. The maximum absolute atomic E-state index is 13.4. The second kappa shape index (κ2) is 12.9. The maximum atomic E-state index is 13.4.